The number of alkyl halides is 3. The first kappa shape index (κ1) is 31.8. The van der Waals surface area contributed by atoms with Gasteiger partial charge in [0.25, 0.3) is 5.91 Å². The van der Waals surface area contributed by atoms with E-state index in [0.717, 1.165) is 28.2 Å². The Morgan fingerprint density at radius 1 is 0.891 bits per heavy atom. The fourth-order valence-corrected chi connectivity index (χ4v) is 5.03. The molecule has 1 atom stereocenters. The van der Waals surface area contributed by atoms with Crippen molar-refractivity contribution < 1.29 is 37.3 Å². The summed E-state index contributed by atoms with van der Waals surface area (Å²) in [7, 11) is 3.12. The Balaban J connectivity index is 1.48. The summed E-state index contributed by atoms with van der Waals surface area (Å²) in [6.07, 6.45) is -4.09. The van der Waals surface area contributed by atoms with Gasteiger partial charge >= 0.3 is 12.3 Å². The molecule has 1 aliphatic heterocycles. The highest BCUT2D eigenvalue weighted by molar-refractivity contribution is 6.08. The van der Waals surface area contributed by atoms with Gasteiger partial charge in [-0.2, -0.15) is 18.2 Å². The fourth-order valence-electron chi connectivity index (χ4n) is 5.03. The first-order chi connectivity index (χ1) is 22.0. The van der Waals surface area contributed by atoms with Gasteiger partial charge < -0.3 is 19.5 Å². The maximum Gasteiger partial charge on any atom is 0.418 e. The summed E-state index contributed by atoms with van der Waals surface area (Å²) in [5.74, 6) is 0.0226. The van der Waals surface area contributed by atoms with Gasteiger partial charge in [0.2, 0.25) is 5.96 Å². The molecule has 1 unspecified atom stereocenters. The molecule has 1 fully saturated rings. The monoisotopic (exact) mass is 629 g/mol. The summed E-state index contributed by atoms with van der Waals surface area (Å²) in [5.41, 5.74) is 1.50. The van der Waals surface area contributed by atoms with Crippen LogP contribution in [-0.2, 0) is 19.2 Å². The predicted octanol–water partition coefficient (Wildman–Crippen LogP) is 7.37. The quantitative estimate of drug-likeness (QED) is 0.219. The summed E-state index contributed by atoms with van der Waals surface area (Å²) in [6.45, 7) is 0.396. The number of halogens is 3. The van der Waals surface area contributed by atoms with Crippen molar-refractivity contribution >= 4 is 24.0 Å². The lowest BCUT2D eigenvalue weighted by molar-refractivity contribution is -0.137. The number of rotatable bonds is 8. The summed E-state index contributed by atoms with van der Waals surface area (Å²) in [4.78, 5) is 32.3. The molecule has 5 rings (SSSR count). The highest BCUT2D eigenvalue weighted by Crippen LogP contribution is 2.33. The molecule has 0 aromatic heterocycles. The molecule has 236 valence electrons. The molecule has 8 nitrogen and oxygen atoms in total. The second-order valence-corrected chi connectivity index (χ2v) is 10.5. The molecule has 1 N–H and O–H groups in total. The van der Waals surface area contributed by atoms with E-state index in [1.54, 1.807) is 37.4 Å². The van der Waals surface area contributed by atoms with Crippen molar-refractivity contribution in [3.63, 3.8) is 0 Å². The molecular weight excluding hydrogens is 599 g/mol. The molecule has 1 saturated heterocycles. The minimum Gasteiger partial charge on any atom is -0.497 e. The second kappa shape index (κ2) is 13.6. The van der Waals surface area contributed by atoms with E-state index in [-0.39, 0.29) is 11.5 Å². The molecule has 0 bridgehead atoms. The average molecular weight is 630 g/mol. The summed E-state index contributed by atoms with van der Waals surface area (Å²) in [6, 6.07) is 27.3. The Hall–Kier alpha value is -5.58. The number of benzene rings is 4. The van der Waals surface area contributed by atoms with Gasteiger partial charge in [0.1, 0.15) is 18.1 Å². The third-order valence-corrected chi connectivity index (χ3v) is 7.44. The average Bonchev–Trinajstić information content (AvgIpc) is 3.30. The molecule has 2 amide bonds. The van der Waals surface area contributed by atoms with Crippen LogP contribution in [-0.4, -0.2) is 53.1 Å². The number of nitrogens with zero attached hydrogens (tertiary/aromatic N) is 3. The van der Waals surface area contributed by atoms with Crippen LogP contribution in [0.25, 0.3) is 6.08 Å². The maximum atomic E-state index is 13.3. The number of hydrogen-bond acceptors (Lipinski definition) is 4. The molecule has 11 heteroatoms. The largest absolute Gasteiger partial charge is 0.497 e. The van der Waals surface area contributed by atoms with Crippen molar-refractivity contribution in [2.75, 3.05) is 14.2 Å². The number of aliphatic imine (C=N–C) groups is 1. The number of likely N-dealkylation sites (N-methyl/N-ethyl adjacent to an activating group) is 1. The highest BCUT2D eigenvalue weighted by atomic mass is 19.4. The lowest BCUT2D eigenvalue weighted by Gasteiger charge is -2.20. The number of carboxylic acid groups (broad SMARTS) is 1. The van der Waals surface area contributed by atoms with Crippen LogP contribution >= 0.6 is 0 Å². The first-order valence-corrected chi connectivity index (χ1v) is 14.2. The summed E-state index contributed by atoms with van der Waals surface area (Å²) < 4.78 is 51.1. The van der Waals surface area contributed by atoms with Crippen molar-refractivity contribution in [3.05, 3.63) is 137 Å². The van der Waals surface area contributed by atoms with E-state index in [2.05, 4.69) is 4.99 Å². The summed E-state index contributed by atoms with van der Waals surface area (Å²) in [5, 5.41) is 10.3. The fraction of sp³-hybridized carbons (Fsp3) is 0.171. The Morgan fingerprint density at radius 3 is 2.20 bits per heavy atom. The number of amides is 2. The molecule has 0 saturated carbocycles. The Morgan fingerprint density at radius 2 is 1.57 bits per heavy atom. The van der Waals surface area contributed by atoms with Crippen LogP contribution in [0.2, 0.25) is 0 Å². The Kier molecular flexibility index (Phi) is 9.41. The van der Waals surface area contributed by atoms with Crippen molar-refractivity contribution in [1.29, 1.82) is 0 Å². The predicted molar refractivity (Wildman–Crippen MR) is 167 cm³/mol. The maximum absolute atomic E-state index is 13.3. The molecule has 0 spiro atoms. The topological polar surface area (TPSA) is 91.7 Å². The van der Waals surface area contributed by atoms with E-state index < -0.39 is 29.8 Å². The van der Waals surface area contributed by atoms with Gasteiger partial charge in [-0.3, -0.25) is 4.79 Å². The second-order valence-electron chi connectivity index (χ2n) is 10.5. The molecule has 1 heterocycles. The minimum atomic E-state index is -4.66. The van der Waals surface area contributed by atoms with Crippen LogP contribution in [0, 0.1) is 0 Å². The Bertz CT molecular complexity index is 1760. The SMILES string of the molecule is COc1ccc(/C=C2/C(Cc3ccc(OCc4ccccc4)cc3)N(C)/C(=N/C(=O)c3cccc(C(F)(F)F)c3)N2C(=O)O)cc1. The smallest absolute Gasteiger partial charge is 0.418 e. The molecule has 0 radical (unpaired) electrons. The third kappa shape index (κ3) is 7.37. The van der Waals surface area contributed by atoms with E-state index in [1.165, 1.54) is 18.1 Å². The van der Waals surface area contributed by atoms with Crippen LogP contribution in [0.1, 0.15) is 32.6 Å². The first-order valence-electron chi connectivity index (χ1n) is 14.2. The number of methoxy groups -OCH3 is 1. The normalized spacial score (nSPS) is 16.6. The zero-order chi connectivity index (χ0) is 32.8. The number of carbonyl (C=O) groups is 2. The van der Waals surface area contributed by atoms with Crippen LogP contribution < -0.4 is 9.47 Å². The van der Waals surface area contributed by atoms with Crippen molar-refractivity contribution in [1.82, 2.24) is 9.80 Å². The zero-order valence-corrected chi connectivity index (χ0v) is 24.9. The van der Waals surface area contributed by atoms with E-state index >= 15 is 0 Å². The number of ether oxygens (including phenoxy) is 2. The van der Waals surface area contributed by atoms with Crippen LogP contribution in [0.5, 0.6) is 11.5 Å². The lowest BCUT2D eigenvalue weighted by Crippen LogP contribution is -2.36. The minimum absolute atomic E-state index is 0.234. The van der Waals surface area contributed by atoms with Gasteiger partial charge in [-0.15, -0.1) is 0 Å². The molecule has 4 aromatic rings. The summed E-state index contributed by atoms with van der Waals surface area (Å²) >= 11 is 0. The van der Waals surface area contributed by atoms with Crippen molar-refractivity contribution in [3.8, 4) is 11.5 Å². The zero-order valence-electron chi connectivity index (χ0n) is 24.9. The van der Waals surface area contributed by atoms with E-state index in [4.69, 9.17) is 9.47 Å². The van der Waals surface area contributed by atoms with E-state index in [0.29, 0.717) is 41.9 Å². The van der Waals surface area contributed by atoms with Crippen LogP contribution in [0.4, 0.5) is 18.0 Å². The van der Waals surface area contributed by atoms with E-state index in [9.17, 15) is 27.9 Å². The van der Waals surface area contributed by atoms with Crippen LogP contribution in [0.3, 0.4) is 0 Å². The van der Waals surface area contributed by atoms with Crippen molar-refractivity contribution in [2.45, 2.75) is 25.2 Å². The number of guanidine groups is 1. The third-order valence-electron chi connectivity index (χ3n) is 7.44. The lowest BCUT2D eigenvalue weighted by atomic mass is 10.0. The van der Waals surface area contributed by atoms with Crippen molar-refractivity contribution in [2.24, 2.45) is 4.99 Å². The van der Waals surface area contributed by atoms with Crippen LogP contribution in [0.15, 0.2) is 114 Å². The molecule has 0 aliphatic carbocycles. The molecule has 46 heavy (non-hydrogen) atoms. The van der Waals surface area contributed by atoms with Gasteiger partial charge in [0, 0.05) is 12.6 Å². The molecule has 4 aromatic carbocycles. The molecular formula is C35H30F3N3O5. The van der Waals surface area contributed by atoms with Gasteiger partial charge in [0.15, 0.2) is 0 Å². The van der Waals surface area contributed by atoms with Gasteiger partial charge in [-0.25, -0.2) is 9.69 Å². The number of carbonyl (C=O) groups excluding carboxylic acids is 1. The highest BCUT2D eigenvalue weighted by Gasteiger charge is 2.42. The van der Waals surface area contributed by atoms with Gasteiger partial charge in [-0.05, 0) is 71.7 Å². The number of hydrogen-bond donors (Lipinski definition) is 1. The van der Waals surface area contributed by atoms with Gasteiger partial charge in [-0.1, -0.05) is 60.7 Å². The standard InChI is InChI=1S/C35H30F3N3O5/c1-40-30(19-23-13-17-29(18-14-23)46-22-25-7-4-3-5-8-25)31(20-24-11-15-28(45-2)16-12-24)41(34(43)44)33(40)39-32(42)26-9-6-10-27(21-26)35(36,37)38/h3-18,20-21,30H,19,22H2,1-2H3,(H,43,44)/b31-20-,39-33-. The van der Waals surface area contributed by atoms with Gasteiger partial charge in [0.05, 0.1) is 24.4 Å². The van der Waals surface area contributed by atoms with E-state index in [1.807, 2.05) is 54.6 Å². The molecule has 1 aliphatic rings. The Labute approximate surface area is 263 Å².